The smallest absolute Gasteiger partial charge is 0.387 e. The van der Waals surface area contributed by atoms with Crippen LogP contribution in [0, 0.1) is 6.92 Å². The van der Waals surface area contributed by atoms with E-state index in [1.165, 1.54) is 6.07 Å². The van der Waals surface area contributed by atoms with Gasteiger partial charge in [-0.05, 0) is 31.5 Å². The minimum Gasteiger partial charge on any atom is -0.491 e. The minimum atomic E-state index is -2.87. The highest BCUT2D eigenvalue weighted by atomic mass is 19.3. The Hall–Kier alpha value is -2.87. The molecule has 0 bridgehead atoms. The SMILES string of the molecule is CCOCCOc1cc(C)ccc1CNC(=NC)NCc1ccccc1OC(F)F. The first-order valence-electron chi connectivity index (χ1n) is 9.80. The van der Waals surface area contributed by atoms with Crippen LogP contribution >= 0.6 is 0 Å². The van der Waals surface area contributed by atoms with Crippen LogP contribution in [-0.4, -0.2) is 39.4 Å². The summed E-state index contributed by atoms with van der Waals surface area (Å²) in [5.74, 6) is 1.45. The molecule has 0 amide bonds. The number of nitrogens with zero attached hydrogens (tertiary/aromatic N) is 1. The number of aryl methyl sites for hydroxylation is 1. The van der Waals surface area contributed by atoms with E-state index >= 15 is 0 Å². The lowest BCUT2D eigenvalue weighted by Crippen LogP contribution is -2.36. The second-order valence-corrected chi connectivity index (χ2v) is 6.42. The van der Waals surface area contributed by atoms with Crippen LogP contribution in [0.3, 0.4) is 0 Å². The van der Waals surface area contributed by atoms with Crippen molar-refractivity contribution < 1.29 is 23.0 Å². The number of ether oxygens (including phenoxy) is 3. The lowest BCUT2D eigenvalue weighted by Gasteiger charge is -2.16. The summed E-state index contributed by atoms with van der Waals surface area (Å²) in [5.41, 5.74) is 2.68. The largest absolute Gasteiger partial charge is 0.491 e. The number of alkyl halides is 2. The van der Waals surface area contributed by atoms with Crippen molar-refractivity contribution >= 4 is 5.96 Å². The Morgan fingerprint density at radius 1 is 1.00 bits per heavy atom. The van der Waals surface area contributed by atoms with Crippen LogP contribution in [0.15, 0.2) is 47.5 Å². The summed E-state index contributed by atoms with van der Waals surface area (Å²) in [6, 6.07) is 12.7. The summed E-state index contributed by atoms with van der Waals surface area (Å²) in [6.45, 7) is 3.50. The van der Waals surface area contributed by atoms with Crippen LogP contribution in [0.2, 0.25) is 0 Å². The number of halogens is 2. The van der Waals surface area contributed by atoms with E-state index in [1.807, 2.05) is 32.0 Å². The molecular weight excluding hydrogens is 392 g/mol. The Kier molecular flexibility index (Phi) is 9.86. The van der Waals surface area contributed by atoms with Crippen LogP contribution < -0.4 is 20.1 Å². The van der Waals surface area contributed by atoms with E-state index in [1.54, 1.807) is 25.2 Å². The minimum absolute atomic E-state index is 0.138. The van der Waals surface area contributed by atoms with Crippen molar-refractivity contribution in [1.29, 1.82) is 0 Å². The van der Waals surface area contributed by atoms with Crippen LogP contribution in [0.1, 0.15) is 23.6 Å². The van der Waals surface area contributed by atoms with Gasteiger partial charge in [0.15, 0.2) is 5.96 Å². The Balaban J connectivity index is 1.95. The highest BCUT2D eigenvalue weighted by Gasteiger charge is 2.10. The molecule has 164 valence electrons. The molecule has 0 saturated carbocycles. The van der Waals surface area contributed by atoms with E-state index in [2.05, 4.69) is 20.4 Å². The molecule has 0 aromatic heterocycles. The number of para-hydroxylation sites is 1. The summed E-state index contributed by atoms with van der Waals surface area (Å²) in [7, 11) is 1.64. The third-order valence-electron chi connectivity index (χ3n) is 4.22. The maximum atomic E-state index is 12.6. The monoisotopic (exact) mass is 421 g/mol. The zero-order valence-corrected chi connectivity index (χ0v) is 17.6. The van der Waals surface area contributed by atoms with Crippen LogP contribution in [-0.2, 0) is 17.8 Å². The second kappa shape index (κ2) is 12.6. The fraction of sp³-hybridized carbons (Fsp3) is 0.409. The summed E-state index contributed by atoms with van der Waals surface area (Å²) in [4.78, 5) is 4.19. The highest BCUT2D eigenvalue weighted by molar-refractivity contribution is 5.79. The summed E-state index contributed by atoms with van der Waals surface area (Å²) >= 11 is 0. The molecule has 0 heterocycles. The molecule has 2 N–H and O–H groups in total. The molecule has 0 spiro atoms. The van der Waals surface area contributed by atoms with Crippen molar-refractivity contribution in [3.8, 4) is 11.5 Å². The third kappa shape index (κ3) is 7.87. The lowest BCUT2D eigenvalue weighted by atomic mass is 10.1. The average Bonchev–Trinajstić information content (AvgIpc) is 2.73. The van der Waals surface area contributed by atoms with E-state index in [-0.39, 0.29) is 12.3 Å². The molecule has 2 aromatic carbocycles. The quantitative estimate of drug-likeness (QED) is 0.328. The number of hydrogen-bond acceptors (Lipinski definition) is 4. The Bertz CT molecular complexity index is 816. The molecule has 0 aliphatic heterocycles. The van der Waals surface area contributed by atoms with Gasteiger partial charge in [0.05, 0.1) is 6.61 Å². The van der Waals surface area contributed by atoms with Gasteiger partial charge in [-0.15, -0.1) is 0 Å². The molecular formula is C22H29F2N3O3. The Morgan fingerprint density at radius 3 is 2.37 bits per heavy atom. The number of nitrogens with one attached hydrogen (secondary N) is 2. The lowest BCUT2D eigenvalue weighted by molar-refractivity contribution is -0.0504. The van der Waals surface area contributed by atoms with Gasteiger partial charge >= 0.3 is 6.61 Å². The molecule has 0 unspecified atom stereocenters. The van der Waals surface area contributed by atoms with Crippen molar-refractivity contribution in [2.75, 3.05) is 26.9 Å². The summed E-state index contributed by atoms with van der Waals surface area (Å²) in [5, 5.41) is 6.33. The van der Waals surface area contributed by atoms with Gasteiger partial charge in [0, 0.05) is 37.9 Å². The first kappa shape index (κ1) is 23.4. The molecule has 8 heteroatoms. The fourth-order valence-electron chi connectivity index (χ4n) is 2.74. The van der Waals surface area contributed by atoms with E-state index < -0.39 is 6.61 Å². The molecule has 2 rings (SSSR count). The van der Waals surface area contributed by atoms with Gasteiger partial charge in [-0.1, -0.05) is 30.3 Å². The number of benzene rings is 2. The van der Waals surface area contributed by atoms with Gasteiger partial charge in [-0.2, -0.15) is 8.78 Å². The predicted molar refractivity (Wildman–Crippen MR) is 113 cm³/mol. The molecule has 2 aromatic rings. The van der Waals surface area contributed by atoms with Crippen LogP contribution in [0.4, 0.5) is 8.78 Å². The van der Waals surface area contributed by atoms with E-state index in [4.69, 9.17) is 9.47 Å². The molecule has 0 aliphatic rings. The van der Waals surface area contributed by atoms with Gasteiger partial charge in [0.25, 0.3) is 0 Å². The molecule has 0 aliphatic carbocycles. The average molecular weight is 421 g/mol. The molecule has 6 nitrogen and oxygen atoms in total. The first-order chi connectivity index (χ1) is 14.5. The van der Waals surface area contributed by atoms with Gasteiger partial charge < -0.3 is 24.8 Å². The van der Waals surface area contributed by atoms with Crippen molar-refractivity contribution in [3.05, 3.63) is 59.2 Å². The molecule has 0 atom stereocenters. The molecule has 0 saturated heterocycles. The maximum absolute atomic E-state index is 12.6. The zero-order chi connectivity index (χ0) is 21.8. The van der Waals surface area contributed by atoms with Crippen molar-refractivity contribution in [1.82, 2.24) is 10.6 Å². The Morgan fingerprint density at radius 2 is 1.70 bits per heavy atom. The summed E-state index contributed by atoms with van der Waals surface area (Å²) in [6.07, 6.45) is 0. The normalized spacial score (nSPS) is 11.5. The van der Waals surface area contributed by atoms with E-state index in [9.17, 15) is 8.78 Å². The predicted octanol–water partition coefficient (Wildman–Crippen LogP) is 3.88. The van der Waals surface area contributed by atoms with Gasteiger partial charge in [0.1, 0.15) is 18.1 Å². The number of hydrogen-bond donors (Lipinski definition) is 2. The number of rotatable bonds is 11. The van der Waals surface area contributed by atoms with E-state index in [0.29, 0.717) is 37.9 Å². The van der Waals surface area contributed by atoms with Crippen LogP contribution in [0.25, 0.3) is 0 Å². The van der Waals surface area contributed by atoms with Crippen molar-refractivity contribution in [3.63, 3.8) is 0 Å². The second-order valence-electron chi connectivity index (χ2n) is 6.42. The molecule has 0 fully saturated rings. The van der Waals surface area contributed by atoms with Gasteiger partial charge in [0.2, 0.25) is 0 Å². The summed E-state index contributed by atoms with van der Waals surface area (Å²) < 4.78 is 40.9. The highest BCUT2D eigenvalue weighted by Crippen LogP contribution is 2.21. The van der Waals surface area contributed by atoms with Gasteiger partial charge in [-0.25, -0.2) is 0 Å². The standard InChI is InChI=1S/C22H29F2N3O3/c1-4-28-11-12-29-20-13-16(2)9-10-18(20)15-27-22(25-3)26-14-17-7-5-6-8-19(17)30-21(23)24/h5-10,13,21H,4,11-12,14-15H2,1-3H3,(H2,25,26,27). The van der Waals surface area contributed by atoms with Crippen molar-refractivity contribution in [2.45, 2.75) is 33.5 Å². The van der Waals surface area contributed by atoms with Crippen molar-refractivity contribution in [2.24, 2.45) is 4.99 Å². The topological polar surface area (TPSA) is 64.1 Å². The van der Waals surface area contributed by atoms with E-state index in [0.717, 1.165) is 16.9 Å². The third-order valence-corrected chi connectivity index (χ3v) is 4.22. The number of aliphatic imine (C=N–C) groups is 1. The zero-order valence-electron chi connectivity index (χ0n) is 17.6. The molecule has 30 heavy (non-hydrogen) atoms. The number of guanidine groups is 1. The molecule has 0 radical (unpaired) electrons. The first-order valence-corrected chi connectivity index (χ1v) is 9.80. The van der Waals surface area contributed by atoms with Crippen LogP contribution in [0.5, 0.6) is 11.5 Å². The maximum Gasteiger partial charge on any atom is 0.387 e. The van der Waals surface area contributed by atoms with Gasteiger partial charge in [-0.3, -0.25) is 4.99 Å². The fourth-order valence-corrected chi connectivity index (χ4v) is 2.74. The Labute approximate surface area is 176 Å².